The van der Waals surface area contributed by atoms with Crippen LogP contribution in [0.2, 0.25) is 0 Å². The van der Waals surface area contributed by atoms with E-state index < -0.39 is 0 Å². The number of hydrogen-bond donors (Lipinski definition) is 0. The maximum absolute atomic E-state index is 11.3. The third-order valence-corrected chi connectivity index (χ3v) is 2.02. The second-order valence-corrected chi connectivity index (χ2v) is 3.15. The highest BCUT2D eigenvalue weighted by atomic mass is 16.5. The zero-order valence-electron chi connectivity index (χ0n) is 9.14. The van der Waals surface area contributed by atoms with E-state index in [-0.39, 0.29) is 12.4 Å². The molecule has 0 N–H and O–H groups in total. The fourth-order valence-electron chi connectivity index (χ4n) is 1.33. The normalized spacial score (nSPS) is 10.6. The van der Waals surface area contributed by atoms with Crippen molar-refractivity contribution in [3.63, 3.8) is 0 Å². The molecule has 0 aliphatic heterocycles. The zero-order chi connectivity index (χ0) is 11.8. The zero-order valence-corrected chi connectivity index (χ0v) is 9.14. The molecule has 0 bridgehead atoms. The molecule has 0 saturated heterocycles. The third-order valence-electron chi connectivity index (χ3n) is 2.02. The first-order valence-electron chi connectivity index (χ1n) is 5.07. The number of esters is 1. The Morgan fingerprint density at radius 3 is 2.69 bits per heavy atom. The van der Waals surface area contributed by atoms with E-state index in [1.54, 1.807) is 6.92 Å². The molecular formula is C13H13NO2. The van der Waals surface area contributed by atoms with E-state index in [0.29, 0.717) is 12.2 Å². The van der Waals surface area contributed by atoms with E-state index >= 15 is 0 Å². The highest BCUT2D eigenvalue weighted by molar-refractivity contribution is 5.85. The van der Waals surface area contributed by atoms with Crippen LogP contribution in [0.15, 0.2) is 36.4 Å². The molecule has 1 aromatic carbocycles. The van der Waals surface area contributed by atoms with Crippen LogP contribution in [-0.2, 0) is 9.53 Å². The summed E-state index contributed by atoms with van der Waals surface area (Å²) in [6.45, 7) is 2.11. The molecule has 3 heteroatoms. The number of carbonyl (C=O) groups is 1. The van der Waals surface area contributed by atoms with Gasteiger partial charge in [0.15, 0.2) is 0 Å². The van der Waals surface area contributed by atoms with E-state index in [2.05, 4.69) is 0 Å². The van der Waals surface area contributed by atoms with Gasteiger partial charge in [-0.1, -0.05) is 30.3 Å². The number of nitrogens with zero attached hydrogens (tertiary/aromatic N) is 1. The lowest BCUT2D eigenvalue weighted by Gasteiger charge is -2.05. The number of benzene rings is 1. The number of ether oxygens (including phenoxy) is 1. The van der Waals surface area contributed by atoms with E-state index in [1.807, 2.05) is 36.4 Å². The second-order valence-electron chi connectivity index (χ2n) is 3.15. The van der Waals surface area contributed by atoms with Crippen molar-refractivity contribution in [1.29, 1.82) is 5.26 Å². The van der Waals surface area contributed by atoms with Crippen molar-refractivity contribution in [2.45, 2.75) is 13.3 Å². The summed E-state index contributed by atoms with van der Waals surface area (Å²) in [5.41, 5.74) is 1.55. The molecule has 0 fully saturated rings. The average molecular weight is 215 g/mol. The summed E-state index contributed by atoms with van der Waals surface area (Å²) in [5, 5.41) is 8.66. The van der Waals surface area contributed by atoms with E-state index in [1.165, 1.54) is 6.08 Å². The maximum atomic E-state index is 11.3. The Morgan fingerprint density at radius 1 is 1.44 bits per heavy atom. The van der Waals surface area contributed by atoms with Crippen LogP contribution >= 0.6 is 0 Å². The number of nitriles is 1. The van der Waals surface area contributed by atoms with E-state index in [4.69, 9.17) is 10.00 Å². The van der Waals surface area contributed by atoms with Crippen molar-refractivity contribution in [2.75, 3.05) is 6.61 Å². The van der Waals surface area contributed by atoms with Gasteiger partial charge in [-0.25, -0.2) is 0 Å². The molecule has 0 heterocycles. The summed E-state index contributed by atoms with van der Waals surface area (Å²) in [4.78, 5) is 11.3. The van der Waals surface area contributed by atoms with Crippen molar-refractivity contribution >= 4 is 11.5 Å². The molecule has 0 aromatic heterocycles. The highest BCUT2D eigenvalue weighted by Gasteiger charge is 2.08. The predicted octanol–water partition coefficient (Wildman–Crippen LogP) is 2.55. The molecular weight excluding hydrogens is 202 g/mol. The van der Waals surface area contributed by atoms with Gasteiger partial charge in [0.05, 0.1) is 19.1 Å². The Hall–Kier alpha value is -2.08. The van der Waals surface area contributed by atoms with Crippen LogP contribution in [0.4, 0.5) is 0 Å². The van der Waals surface area contributed by atoms with Crippen LogP contribution < -0.4 is 0 Å². The molecule has 82 valence electrons. The molecule has 1 aromatic rings. The lowest BCUT2D eigenvalue weighted by molar-refractivity contribution is -0.141. The van der Waals surface area contributed by atoms with Crippen molar-refractivity contribution < 1.29 is 9.53 Å². The molecule has 0 unspecified atom stereocenters. The lowest BCUT2D eigenvalue weighted by Crippen LogP contribution is -2.04. The van der Waals surface area contributed by atoms with Crippen LogP contribution in [-0.4, -0.2) is 12.6 Å². The van der Waals surface area contributed by atoms with Crippen LogP contribution in [0.5, 0.6) is 0 Å². The van der Waals surface area contributed by atoms with Crippen LogP contribution in [0.3, 0.4) is 0 Å². The molecule has 0 aliphatic rings. The fourth-order valence-corrected chi connectivity index (χ4v) is 1.33. The van der Waals surface area contributed by atoms with Gasteiger partial charge >= 0.3 is 5.97 Å². The molecule has 3 nitrogen and oxygen atoms in total. The molecule has 0 aliphatic carbocycles. The number of allylic oxidation sites excluding steroid dienone is 1. The van der Waals surface area contributed by atoms with Gasteiger partial charge in [0.2, 0.25) is 0 Å². The SMILES string of the molecule is CCOC(=O)C/C(=C/C#N)c1ccccc1. The van der Waals surface area contributed by atoms with Gasteiger partial charge in [-0.2, -0.15) is 5.26 Å². The minimum absolute atomic E-state index is 0.130. The number of carbonyl (C=O) groups excluding carboxylic acids is 1. The van der Waals surface area contributed by atoms with Gasteiger partial charge in [-0.3, -0.25) is 4.79 Å². The fraction of sp³-hybridized carbons (Fsp3) is 0.231. The molecule has 1 rings (SSSR count). The lowest BCUT2D eigenvalue weighted by atomic mass is 10.0. The van der Waals surface area contributed by atoms with Gasteiger partial charge < -0.3 is 4.74 Å². The Kier molecular flexibility index (Phi) is 4.81. The smallest absolute Gasteiger partial charge is 0.310 e. The predicted molar refractivity (Wildman–Crippen MR) is 61.3 cm³/mol. The van der Waals surface area contributed by atoms with Gasteiger partial charge in [0, 0.05) is 6.08 Å². The number of hydrogen-bond acceptors (Lipinski definition) is 3. The van der Waals surface area contributed by atoms with Crippen LogP contribution in [0, 0.1) is 11.3 Å². The van der Waals surface area contributed by atoms with Crippen LogP contribution in [0.1, 0.15) is 18.9 Å². The molecule has 0 radical (unpaired) electrons. The Morgan fingerprint density at radius 2 is 2.12 bits per heavy atom. The van der Waals surface area contributed by atoms with Crippen molar-refractivity contribution in [3.8, 4) is 6.07 Å². The minimum atomic E-state index is -0.312. The van der Waals surface area contributed by atoms with Gasteiger partial charge in [-0.15, -0.1) is 0 Å². The molecule has 0 saturated carbocycles. The van der Waals surface area contributed by atoms with Crippen LogP contribution in [0.25, 0.3) is 5.57 Å². The first kappa shape index (κ1) is 12.0. The maximum Gasteiger partial charge on any atom is 0.310 e. The summed E-state index contributed by atoms with van der Waals surface area (Å²) in [5.74, 6) is -0.312. The van der Waals surface area contributed by atoms with E-state index in [9.17, 15) is 4.79 Å². The Bertz CT molecular complexity index is 415. The summed E-state index contributed by atoms with van der Waals surface area (Å²) in [7, 11) is 0. The Balaban J connectivity index is 2.83. The van der Waals surface area contributed by atoms with Gasteiger partial charge in [0.25, 0.3) is 0 Å². The summed E-state index contributed by atoms with van der Waals surface area (Å²) >= 11 is 0. The average Bonchev–Trinajstić information content (AvgIpc) is 2.30. The quantitative estimate of drug-likeness (QED) is 0.573. The first-order chi connectivity index (χ1) is 7.77. The van der Waals surface area contributed by atoms with Crippen molar-refractivity contribution in [3.05, 3.63) is 42.0 Å². The molecule has 16 heavy (non-hydrogen) atoms. The van der Waals surface area contributed by atoms with Gasteiger partial charge in [-0.05, 0) is 18.1 Å². The largest absolute Gasteiger partial charge is 0.466 e. The van der Waals surface area contributed by atoms with Crippen molar-refractivity contribution in [2.24, 2.45) is 0 Å². The molecule has 0 spiro atoms. The monoisotopic (exact) mass is 215 g/mol. The highest BCUT2D eigenvalue weighted by Crippen LogP contribution is 2.18. The standard InChI is InChI=1S/C13H13NO2/c1-2-16-13(15)10-12(8-9-14)11-6-4-3-5-7-11/h3-8H,2,10H2,1H3/b12-8-. The van der Waals surface area contributed by atoms with Gasteiger partial charge in [0.1, 0.15) is 0 Å². The minimum Gasteiger partial charge on any atom is -0.466 e. The first-order valence-corrected chi connectivity index (χ1v) is 5.07. The topological polar surface area (TPSA) is 50.1 Å². The number of rotatable bonds is 4. The summed E-state index contributed by atoms with van der Waals surface area (Å²) in [6, 6.07) is 11.3. The molecule has 0 amide bonds. The van der Waals surface area contributed by atoms with Crippen molar-refractivity contribution in [1.82, 2.24) is 0 Å². The summed E-state index contributed by atoms with van der Waals surface area (Å²) < 4.78 is 4.85. The third kappa shape index (κ3) is 3.58. The Labute approximate surface area is 95.0 Å². The summed E-state index contributed by atoms with van der Waals surface area (Å²) in [6.07, 6.45) is 1.51. The van der Waals surface area contributed by atoms with E-state index in [0.717, 1.165) is 5.56 Å². The second kappa shape index (κ2) is 6.41. The molecule has 0 atom stereocenters.